The van der Waals surface area contributed by atoms with E-state index in [0.717, 1.165) is 32.5 Å². The van der Waals surface area contributed by atoms with Gasteiger partial charge in [-0.25, -0.2) is 4.99 Å². The van der Waals surface area contributed by atoms with Crippen LogP contribution in [0.1, 0.15) is 36.8 Å². The number of guanidine groups is 1. The molecule has 3 rings (SSSR count). The van der Waals surface area contributed by atoms with Crippen molar-refractivity contribution in [1.82, 2.24) is 4.90 Å². The van der Waals surface area contributed by atoms with Gasteiger partial charge in [-0.15, -0.1) is 24.0 Å². The third-order valence-corrected chi connectivity index (χ3v) is 4.62. The molecule has 2 fully saturated rings. The molecule has 1 aromatic carbocycles. The Labute approximate surface area is 150 Å². The third-order valence-electron chi connectivity index (χ3n) is 4.62. The molecule has 0 spiro atoms. The molecule has 22 heavy (non-hydrogen) atoms. The molecule has 1 unspecified atom stereocenters. The molecule has 2 N–H and O–H groups in total. The number of benzene rings is 1. The van der Waals surface area contributed by atoms with E-state index >= 15 is 0 Å². The first-order valence-electron chi connectivity index (χ1n) is 7.89. The molecule has 1 saturated carbocycles. The third kappa shape index (κ3) is 3.93. The Bertz CT molecular complexity index is 528. The van der Waals surface area contributed by atoms with Crippen LogP contribution in [0.3, 0.4) is 0 Å². The number of nitrogens with two attached hydrogens (primary N) is 1. The van der Waals surface area contributed by atoms with Crippen molar-refractivity contribution in [2.45, 2.75) is 44.8 Å². The van der Waals surface area contributed by atoms with E-state index in [9.17, 15) is 0 Å². The molecule has 0 amide bonds. The van der Waals surface area contributed by atoms with Crippen molar-refractivity contribution in [2.24, 2.45) is 10.7 Å². The molecule has 4 nitrogen and oxygen atoms in total. The average Bonchev–Trinajstić information content (AvgIpc) is 2.43. The Balaban J connectivity index is 0.00000176. The van der Waals surface area contributed by atoms with E-state index in [1.807, 2.05) is 0 Å². The van der Waals surface area contributed by atoms with Crippen LogP contribution >= 0.6 is 24.0 Å². The number of ether oxygens (including phenoxy) is 1. The highest BCUT2D eigenvalue weighted by Gasteiger charge is 2.31. The molecule has 0 bridgehead atoms. The smallest absolute Gasteiger partial charge is 0.191 e. The standard InChI is InChI=1S/C17H25N3O.HI/c1-12-5-3-4-6-16(12)14-9-15(10-14)19-17(18)20-7-8-21-13(2)11-20;/h3-6,13-15H,7-11H2,1-2H3,(H2,18,19);1H. The predicted molar refractivity (Wildman–Crippen MR) is 101 cm³/mol. The quantitative estimate of drug-likeness (QED) is 0.459. The van der Waals surface area contributed by atoms with Crippen molar-refractivity contribution in [1.29, 1.82) is 0 Å². The minimum absolute atomic E-state index is 0. The predicted octanol–water partition coefficient (Wildman–Crippen LogP) is 2.89. The zero-order chi connectivity index (χ0) is 14.8. The number of morpholine rings is 1. The number of aliphatic imine (C=N–C) groups is 1. The summed E-state index contributed by atoms with van der Waals surface area (Å²) in [7, 11) is 0. The molecular formula is C17H26IN3O. The maximum absolute atomic E-state index is 6.16. The van der Waals surface area contributed by atoms with Gasteiger partial charge in [0.05, 0.1) is 18.8 Å². The molecule has 1 aliphatic heterocycles. The summed E-state index contributed by atoms with van der Waals surface area (Å²) >= 11 is 0. The Hall–Kier alpha value is -0.820. The first kappa shape index (κ1) is 17.5. The zero-order valence-electron chi connectivity index (χ0n) is 13.4. The van der Waals surface area contributed by atoms with E-state index < -0.39 is 0 Å². The molecule has 122 valence electrons. The number of nitrogens with zero attached hydrogens (tertiary/aromatic N) is 2. The Kier molecular flexibility index (Phi) is 6.09. The summed E-state index contributed by atoms with van der Waals surface area (Å²) in [6.45, 7) is 6.72. The van der Waals surface area contributed by atoms with Crippen molar-refractivity contribution in [2.75, 3.05) is 19.7 Å². The highest BCUT2D eigenvalue weighted by atomic mass is 127. The van der Waals surface area contributed by atoms with Gasteiger partial charge in [-0.2, -0.15) is 0 Å². The molecule has 1 saturated heterocycles. The Morgan fingerprint density at radius 2 is 2.05 bits per heavy atom. The minimum atomic E-state index is 0. The van der Waals surface area contributed by atoms with Gasteiger partial charge in [-0.3, -0.25) is 0 Å². The van der Waals surface area contributed by atoms with E-state index in [4.69, 9.17) is 15.5 Å². The maximum atomic E-state index is 6.16. The molecule has 0 aromatic heterocycles. The summed E-state index contributed by atoms with van der Waals surface area (Å²) in [6.07, 6.45) is 2.48. The van der Waals surface area contributed by atoms with Gasteiger partial charge in [-0.1, -0.05) is 24.3 Å². The van der Waals surface area contributed by atoms with Crippen LogP contribution in [0.4, 0.5) is 0 Å². The highest BCUT2D eigenvalue weighted by Crippen LogP contribution is 2.40. The average molecular weight is 415 g/mol. The molecule has 1 atom stereocenters. The van der Waals surface area contributed by atoms with Crippen molar-refractivity contribution in [3.8, 4) is 0 Å². The largest absolute Gasteiger partial charge is 0.375 e. The van der Waals surface area contributed by atoms with Gasteiger partial charge >= 0.3 is 0 Å². The monoisotopic (exact) mass is 415 g/mol. The second-order valence-electron chi connectivity index (χ2n) is 6.29. The molecule has 1 aromatic rings. The van der Waals surface area contributed by atoms with Crippen LogP contribution in [0.5, 0.6) is 0 Å². The van der Waals surface area contributed by atoms with Crippen LogP contribution in [0.15, 0.2) is 29.3 Å². The van der Waals surface area contributed by atoms with E-state index in [1.165, 1.54) is 11.1 Å². The summed E-state index contributed by atoms with van der Waals surface area (Å²) in [6, 6.07) is 9.04. The fourth-order valence-electron chi connectivity index (χ4n) is 3.29. The van der Waals surface area contributed by atoms with Crippen molar-refractivity contribution in [3.05, 3.63) is 35.4 Å². The Morgan fingerprint density at radius 1 is 1.32 bits per heavy atom. The summed E-state index contributed by atoms with van der Waals surface area (Å²) in [5.41, 5.74) is 9.02. The van der Waals surface area contributed by atoms with Gasteiger partial charge in [-0.05, 0) is 43.7 Å². The van der Waals surface area contributed by atoms with E-state index in [0.29, 0.717) is 17.9 Å². The molecule has 1 aliphatic carbocycles. The molecule has 0 radical (unpaired) electrons. The van der Waals surface area contributed by atoms with E-state index in [1.54, 1.807) is 0 Å². The number of rotatable bonds is 2. The second kappa shape index (κ2) is 7.64. The van der Waals surface area contributed by atoms with Crippen LogP contribution in [0.25, 0.3) is 0 Å². The van der Waals surface area contributed by atoms with Gasteiger partial charge in [0, 0.05) is 13.1 Å². The van der Waals surface area contributed by atoms with Gasteiger partial charge in [0.1, 0.15) is 0 Å². The van der Waals surface area contributed by atoms with E-state index in [2.05, 4.69) is 43.0 Å². The topological polar surface area (TPSA) is 50.8 Å². The van der Waals surface area contributed by atoms with Crippen LogP contribution in [0.2, 0.25) is 0 Å². The zero-order valence-corrected chi connectivity index (χ0v) is 15.7. The lowest BCUT2D eigenvalue weighted by atomic mass is 9.75. The van der Waals surface area contributed by atoms with Crippen LogP contribution < -0.4 is 5.73 Å². The summed E-state index contributed by atoms with van der Waals surface area (Å²) < 4.78 is 5.54. The molecule has 2 aliphatic rings. The SMILES string of the molecule is Cc1ccccc1C1CC(N=C(N)N2CCOC(C)C2)C1.I. The highest BCUT2D eigenvalue weighted by molar-refractivity contribution is 14.0. The van der Waals surface area contributed by atoms with Crippen LogP contribution in [-0.2, 0) is 4.74 Å². The van der Waals surface area contributed by atoms with E-state index in [-0.39, 0.29) is 30.1 Å². The number of hydrogen-bond donors (Lipinski definition) is 1. The van der Waals surface area contributed by atoms with Crippen molar-refractivity contribution in [3.63, 3.8) is 0 Å². The number of aryl methyl sites for hydroxylation is 1. The lowest BCUT2D eigenvalue weighted by Crippen LogP contribution is -2.48. The normalized spacial score (nSPS) is 28.7. The summed E-state index contributed by atoms with van der Waals surface area (Å²) in [5.74, 6) is 1.34. The molecule has 5 heteroatoms. The minimum Gasteiger partial charge on any atom is -0.375 e. The molecular weight excluding hydrogens is 389 g/mol. The van der Waals surface area contributed by atoms with Gasteiger partial charge in [0.15, 0.2) is 5.96 Å². The first-order chi connectivity index (χ1) is 10.1. The fourth-order valence-corrected chi connectivity index (χ4v) is 3.29. The van der Waals surface area contributed by atoms with Gasteiger partial charge in [0.2, 0.25) is 0 Å². The number of hydrogen-bond acceptors (Lipinski definition) is 2. The number of halogens is 1. The van der Waals surface area contributed by atoms with Crippen molar-refractivity contribution < 1.29 is 4.74 Å². The van der Waals surface area contributed by atoms with Gasteiger partial charge < -0.3 is 15.4 Å². The summed E-state index contributed by atoms with van der Waals surface area (Å²) in [4.78, 5) is 6.86. The van der Waals surface area contributed by atoms with Crippen molar-refractivity contribution >= 4 is 29.9 Å². The maximum Gasteiger partial charge on any atom is 0.191 e. The second-order valence-corrected chi connectivity index (χ2v) is 6.29. The van der Waals surface area contributed by atoms with Crippen LogP contribution in [0, 0.1) is 6.92 Å². The van der Waals surface area contributed by atoms with Crippen LogP contribution in [-0.4, -0.2) is 42.7 Å². The Morgan fingerprint density at radius 3 is 2.73 bits per heavy atom. The lowest BCUT2D eigenvalue weighted by molar-refractivity contribution is 0.00512. The fraction of sp³-hybridized carbons (Fsp3) is 0.588. The molecule has 1 heterocycles. The first-order valence-corrected chi connectivity index (χ1v) is 7.89. The summed E-state index contributed by atoms with van der Waals surface area (Å²) in [5, 5.41) is 0. The lowest BCUT2D eigenvalue weighted by Gasteiger charge is -2.36. The van der Waals surface area contributed by atoms with Gasteiger partial charge in [0.25, 0.3) is 0 Å².